The van der Waals surface area contributed by atoms with E-state index in [1.54, 1.807) is 25.5 Å². The Morgan fingerprint density at radius 3 is 2.63 bits per heavy atom. The second-order valence-corrected chi connectivity index (χ2v) is 4.79. The molecule has 0 bridgehead atoms. The zero-order chi connectivity index (χ0) is 14.2. The van der Waals surface area contributed by atoms with Crippen LogP contribution >= 0.6 is 11.6 Å². The molecule has 19 heavy (non-hydrogen) atoms. The summed E-state index contributed by atoms with van der Waals surface area (Å²) in [6.07, 6.45) is 1.52. The van der Waals surface area contributed by atoms with Crippen LogP contribution in [0.15, 0.2) is 10.7 Å². The molecule has 6 nitrogen and oxygen atoms in total. The molecule has 1 unspecified atom stereocenters. The van der Waals surface area contributed by atoms with Crippen molar-refractivity contribution in [3.05, 3.63) is 28.4 Å². The predicted octanol–water partition coefficient (Wildman–Crippen LogP) is 2.65. The molecule has 0 aliphatic rings. The fraction of sp³-hybridized carbons (Fsp3) is 0.417. The number of aryl methyl sites for hydroxylation is 2. The van der Waals surface area contributed by atoms with Gasteiger partial charge in [-0.2, -0.15) is 5.10 Å². The van der Waals surface area contributed by atoms with Gasteiger partial charge in [0.2, 0.25) is 5.91 Å². The molecule has 0 aliphatic heterocycles. The highest BCUT2D eigenvalue weighted by atomic mass is 35.5. The second-order valence-electron chi connectivity index (χ2n) is 4.39. The van der Waals surface area contributed by atoms with Gasteiger partial charge in [0.25, 0.3) is 0 Å². The Hall–Kier alpha value is -1.82. The van der Waals surface area contributed by atoms with E-state index < -0.39 is 6.04 Å². The second kappa shape index (κ2) is 5.05. The van der Waals surface area contributed by atoms with Crippen molar-refractivity contribution in [1.82, 2.24) is 14.9 Å². The fourth-order valence-electron chi connectivity index (χ4n) is 1.79. The molecule has 2 heterocycles. The Morgan fingerprint density at radius 1 is 1.47 bits per heavy atom. The lowest BCUT2D eigenvalue weighted by Crippen LogP contribution is -2.25. The third-order valence-corrected chi connectivity index (χ3v) is 3.38. The van der Waals surface area contributed by atoms with Crippen LogP contribution in [0.5, 0.6) is 0 Å². The largest absolute Gasteiger partial charge is 0.359 e. The molecule has 0 fully saturated rings. The number of carbonyl (C=O) groups is 1. The molecule has 2 aromatic rings. The van der Waals surface area contributed by atoms with Crippen LogP contribution in [0.1, 0.15) is 30.1 Å². The molecule has 0 spiro atoms. The van der Waals surface area contributed by atoms with Crippen molar-refractivity contribution < 1.29 is 9.32 Å². The van der Waals surface area contributed by atoms with Gasteiger partial charge in [0.1, 0.15) is 17.4 Å². The number of nitrogens with one attached hydrogen (secondary N) is 1. The Bertz CT molecular complexity index is 598. The molecule has 7 heteroatoms. The molecular weight excluding hydrogens is 268 g/mol. The number of amides is 1. The van der Waals surface area contributed by atoms with Crippen molar-refractivity contribution in [3.63, 3.8) is 0 Å². The van der Waals surface area contributed by atoms with Gasteiger partial charge in [-0.25, -0.2) is 0 Å². The Labute approximate surface area is 115 Å². The van der Waals surface area contributed by atoms with Gasteiger partial charge in [0, 0.05) is 0 Å². The van der Waals surface area contributed by atoms with Gasteiger partial charge >= 0.3 is 0 Å². The first-order valence-corrected chi connectivity index (χ1v) is 6.23. The van der Waals surface area contributed by atoms with Crippen molar-refractivity contribution in [3.8, 4) is 0 Å². The summed E-state index contributed by atoms with van der Waals surface area (Å²) >= 11 is 5.93. The van der Waals surface area contributed by atoms with Crippen LogP contribution in [0, 0.1) is 20.8 Å². The first kappa shape index (κ1) is 13.6. The Balaban J connectivity index is 2.19. The van der Waals surface area contributed by atoms with Crippen LogP contribution < -0.4 is 5.32 Å². The molecular formula is C12H15ClN4O2. The first-order valence-electron chi connectivity index (χ1n) is 5.85. The van der Waals surface area contributed by atoms with Crippen molar-refractivity contribution in [2.75, 3.05) is 5.32 Å². The highest BCUT2D eigenvalue weighted by Crippen LogP contribution is 2.22. The van der Waals surface area contributed by atoms with Crippen LogP contribution in [0.4, 0.5) is 5.69 Å². The minimum absolute atomic E-state index is 0.197. The summed E-state index contributed by atoms with van der Waals surface area (Å²) in [4.78, 5) is 12.2. The number of rotatable bonds is 3. The molecule has 2 rings (SSSR count). The molecule has 102 valence electrons. The summed E-state index contributed by atoms with van der Waals surface area (Å²) < 4.78 is 6.58. The lowest BCUT2D eigenvalue weighted by molar-refractivity contribution is -0.119. The maximum Gasteiger partial charge on any atom is 0.249 e. The Morgan fingerprint density at radius 2 is 2.16 bits per heavy atom. The third-order valence-electron chi connectivity index (χ3n) is 3.01. The van der Waals surface area contributed by atoms with E-state index in [4.69, 9.17) is 16.1 Å². The van der Waals surface area contributed by atoms with Crippen molar-refractivity contribution >= 4 is 23.2 Å². The number of hydrogen-bond acceptors (Lipinski definition) is 4. The lowest BCUT2D eigenvalue weighted by Gasteiger charge is -2.14. The summed E-state index contributed by atoms with van der Waals surface area (Å²) in [5.74, 6) is 0.380. The molecule has 0 saturated heterocycles. The third kappa shape index (κ3) is 2.49. The van der Waals surface area contributed by atoms with Crippen molar-refractivity contribution in [1.29, 1.82) is 0 Å². The molecule has 1 N–H and O–H groups in total. The maximum atomic E-state index is 12.2. The van der Waals surface area contributed by atoms with Gasteiger partial charge in [-0.1, -0.05) is 16.8 Å². The minimum Gasteiger partial charge on any atom is -0.359 e. The predicted molar refractivity (Wildman–Crippen MR) is 71.3 cm³/mol. The van der Waals surface area contributed by atoms with E-state index in [0.29, 0.717) is 22.2 Å². The molecule has 1 amide bonds. The van der Waals surface area contributed by atoms with E-state index in [1.807, 2.05) is 6.92 Å². The zero-order valence-corrected chi connectivity index (χ0v) is 11.9. The van der Waals surface area contributed by atoms with Gasteiger partial charge in [0.05, 0.1) is 16.9 Å². The Kier molecular flexibility index (Phi) is 3.61. The van der Waals surface area contributed by atoms with E-state index in [2.05, 4.69) is 15.6 Å². The highest BCUT2D eigenvalue weighted by molar-refractivity contribution is 6.31. The summed E-state index contributed by atoms with van der Waals surface area (Å²) in [6, 6.07) is -0.471. The molecule has 0 aromatic carbocycles. The summed E-state index contributed by atoms with van der Waals surface area (Å²) in [5.41, 5.74) is 2.00. The molecule has 0 saturated carbocycles. The van der Waals surface area contributed by atoms with Crippen LogP contribution in [0.2, 0.25) is 5.02 Å². The zero-order valence-electron chi connectivity index (χ0n) is 11.2. The normalized spacial score (nSPS) is 12.5. The van der Waals surface area contributed by atoms with Gasteiger partial charge in [-0.15, -0.1) is 0 Å². The number of nitrogens with zero attached hydrogens (tertiary/aromatic N) is 3. The summed E-state index contributed by atoms with van der Waals surface area (Å²) in [5, 5.41) is 11.2. The van der Waals surface area contributed by atoms with Crippen LogP contribution in [-0.4, -0.2) is 20.8 Å². The average molecular weight is 283 g/mol. The SMILES string of the molecule is Cc1noc(C)c1NC(=O)C(C)n1ncc(Cl)c1C. The maximum absolute atomic E-state index is 12.2. The standard InChI is InChI=1S/C12H15ClN4O2/c1-6-11(9(4)19-16-6)15-12(18)8(3)17-7(2)10(13)5-14-17/h5,8H,1-4H3,(H,15,18). The quantitative estimate of drug-likeness (QED) is 0.939. The van der Waals surface area contributed by atoms with Crippen molar-refractivity contribution in [2.24, 2.45) is 0 Å². The average Bonchev–Trinajstić information content (AvgIpc) is 2.86. The van der Waals surface area contributed by atoms with Crippen molar-refractivity contribution in [2.45, 2.75) is 33.7 Å². The summed E-state index contributed by atoms with van der Waals surface area (Å²) in [7, 11) is 0. The van der Waals surface area contributed by atoms with E-state index >= 15 is 0 Å². The topological polar surface area (TPSA) is 73.0 Å². The van der Waals surface area contributed by atoms with E-state index in [9.17, 15) is 4.79 Å². The van der Waals surface area contributed by atoms with Gasteiger partial charge < -0.3 is 9.84 Å². The van der Waals surface area contributed by atoms with Crippen LogP contribution in [0.3, 0.4) is 0 Å². The molecule has 0 radical (unpaired) electrons. The highest BCUT2D eigenvalue weighted by Gasteiger charge is 2.21. The molecule has 1 atom stereocenters. The van der Waals surface area contributed by atoms with Gasteiger partial charge in [-0.3, -0.25) is 9.48 Å². The number of anilines is 1. The van der Waals surface area contributed by atoms with E-state index in [-0.39, 0.29) is 5.91 Å². The smallest absolute Gasteiger partial charge is 0.249 e. The first-order chi connectivity index (χ1) is 8.91. The lowest BCUT2D eigenvalue weighted by atomic mass is 10.2. The number of carbonyl (C=O) groups excluding carboxylic acids is 1. The molecule has 2 aromatic heterocycles. The number of aromatic nitrogens is 3. The van der Waals surface area contributed by atoms with Crippen LogP contribution in [-0.2, 0) is 4.79 Å². The van der Waals surface area contributed by atoms with E-state index in [0.717, 1.165) is 5.69 Å². The molecule has 0 aliphatic carbocycles. The van der Waals surface area contributed by atoms with Gasteiger partial charge in [0.15, 0.2) is 5.76 Å². The summed E-state index contributed by atoms with van der Waals surface area (Å²) in [6.45, 7) is 7.09. The van der Waals surface area contributed by atoms with Gasteiger partial charge in [-0.05, 0) is 27.7 Å². The number of halogens is 1. The fourth-order valence-corrected chi connectivity index (χ4v) is 1.92. The van der Waals surface area contributed by atoms with Crippen LogP contribution in [0.25, 0.3) is 0 Å². The van der Waals surface area contributed by atoms with E-state index in [1.165, 1.54) is 6.20 Å². The number of hydrogen-bond donors (Lipinski definition) is 1. The minimum atomic E-state index is -0.471. The monoisotopic (exact) mass is 282 g/mol.